The number of benzene rings is 1. The minimum Gasteiger partial charge on any atom is -0.497 e. The Morgan fingerprint density at radius 1 is 1.32 bits per heavy atom. The molecule has 1 heterocycles. The van der Waals surface area contributed by atoms with Crippen LogP contribution < -0.4 is 9.47 Å². The van der Waals surface area contributed by atoms with Crippen LogP contribution in [0, 0.1) is 5.92 Å². The largest absolute Gasteiger partial charge is 0.497 e. The van der Waals surface area contributed by atoms with Gasteiger partial charge in [-0.3, -0.25) is 0 Å². The average Bonchev–Trinajstić information content (AvgIpc) is 2.92. The Balaban J connectivity index is 1.73. The molecule has 2 aromatic rings. The lowest BCUT2D eigenvalue weighted by Crippen LogP contribution is -1.92. The highest BCUT2D eigenvalue weighted by molar-refractivity contribution is 7.99. The molecule has 5 nitrogen and oxygen atoms in total. The smallest absolute Gasteiger partial charge is 0.276 e. The second-order valence-electron chi connectivity index (χ2n) is 4.91. The van der Waals surface area contributed by atoms with Gasteiger partial charge in [0, 0.05) is 17.7 Å². The highest BCUT2D eigenvalue weighted by Crippen LogP contribution is 2.54. The summed E-state index contributed by atoms with van der Waals surface area (Å²) in [6, 6.07) is 5.41. The van der Waals surface area contributed by atoms with E-state index in [0.717, 1.165) is 17.7 Å². The van der Waals surface area contributed by atoms with Gasteiger partial charge >= 0.3 is 0 Å². The molecule has 1 atom stereocenters. The van der Waals surface area contributed by atoms with Crippen molar-refractivity contribution < 1.29 is 13.9 Å². The molecule has 1 aliphatic carbocycles. The van der Waals surface area contributed by atoms with Crippen molar-refractivity contribution in [2.45, 2.75) is 16.0 Å². The summed E-state index contributed by atoms with van der Waals surface area (Å²) in [5.41, 5.74) is 0.720. The van der Waals surface area contributed by atoms with Gasteiger partial charge in [-0.05, 0) is 18.6 Å². The van der Waals surface area contributed by atoms with Crippen LogP contribution in [0.25, 0.3) is 11.5 Å². The van der Waals surface area contributed by atoms with Gasteiger partial charge in [0.15, 0.2) is 0 Å². The minimum absolute atomic E-state index is 0.270. The van der Waals surface area contributed by atoms with Gasteiger partial charge in [-0.15, -0.1) is 33.4 Å². The second kappa shape index (κ2) is 6.18. The Bertz CT molecular complexity index is 678. The summed E-state index contributed by atoms with van der Waals surface area (Å²) in [4.78, 5) is 0. The molecule has 1 aromatic heterocycles. The van der Waals surface area contributed by atoms with E-state index >= 15 is 0 Å². The van der Waals surface area contributed by atoms with Crippen molar-refractivity contribution in [3.05, 3.63) is 18.2 Å². The van der Waals surface area contributed by atoms with Crippen molar-refractivity contribution in [2.24, 2.45) is 5.92 Å². The van der Waals surface area contributed by atoms with E-state index in [9.17, 15) is 0 Å². The molecule has 0 N–H and O–H groups in total. The Kier molecular flexibility index (Phi) is 4.43. The summed E-state index contributed by atoms with van der Waals surface area (Å²) in [6.45, 7) is 0. The monoisotopic (exact) mass is 360 g/mol. The molecule has 0 saturated heterocycles. The third-order valence-electron chi connectivity index (χ3n) is 3.41. The predicted molar refractivity (Wildman–Crippen MR) is 86.1 cm³/mol. The first kappa shape index (κ1) is 15.8. The first-order valence-electron chi connectivity index (χ1n) is 6.60. The quantitative estimate of drug-likeness (QED) is 0.572. The molecule has 1 fully saturated rings. The molecule has 1 unspecified atom stereocenters. The van der Waals surface area contributed by atoms with Crippen LogP contribution in [-0.4, -0.2) is 34.5 Å². The third-order valence-corrected chi connectivity index (χ3v) is 5.32. The molecule has 0 aliphatic heterocycles. The summed E-state index contributed by atoms with van der Waals surface area (Å²) in [6.07, 6.45) is 0.802. The second-order valence-corrected chi connectivity index (χ2v) is 7.43. The van der Waals surface area contributed by atoms with Crippen LogP contribution in [-0.2, 0) is 0 Å². The van der Waals surface area contributed by atoms with Crippen LogP contribution in [0.4, 0.5) is 0 Å². The highest BCUT2D eigenvalue weighted by atomic mass is 35.5. The van der Waals surface area contributed by atoms with E-state index in [0.29, 0.717) is 22.6 Å². The zero-order valence-electron chi connectivity index (χ0n) is 12.0. The van der Waals surface area contributed by atoms with Gasteiger partial charge in [0.2, 0.25) is 0 Å². The van der Waals surface area contributed by atoms with Gasteiger partial charge < -0.3 is 13.9 Å². The molecule has 22 heavy (non-hydrogen) atoms. The van der Waals surface area contributed by atoms with E-state index in [2.05, 4.69) is 10.2 Å². The van der Waals surface area contributed by atoms with E-state index in [-0.39, 0.29) is 5.92 Å². The van der Waals surface area contributed by atoms with Crippen molar-refractivity contribution >= 4 is 35.0 Å². The third kappa shape index (κ3) is 3.29. The van der Waals surface area contributed by atoms with Crippen LogP contribution in [0.15, 0.2) is 27.8 Å². The maximum Gasteiger partial charge on any atom is 0.276 e. The van der Waals surface area contributed by atoms with Crippen molar-refractivity contribution in [1.29, 1.82) is 0 Å². The lowest BCUT2D eigenvalue weighted by Gasteiger charge is -2.07. The Morgan fingerprint density at radius 2 is 2.09 bits per heavy atom. The molecule has 0 bridgehead atoms. The number of nitrogens with zero attached hydrogens (tertiary/aromatic N) is 2. The number of halogens is 2. The van der Waals surface area contributed by atoms with E-state index in [4.69, 9.17) is 37.1 Å². The van der Waals surface area contributed by atoms with E-state index in [1.807, 2.05) is 12.1 Å². The highest BCUT2D eigenvalue weighted by Gasteiger charge is 2.51. The number of rotatable bonds is 6. The molecule has 118 valence electrons. The number of ether oxygens (including phenoxy) is 2. The standard InChI is InChI=1S/C14H14Cl2N2O3S/c1-19-9-3-4-10(11(5-9)20-2)12-17-18-13(21-12)22-7-8-6-14(8,15)16/h3-5,8H,6-7H2,1-2H3. The first-order valence-corrected chi connectivity index (χ1v) is 8.34. The lowest BCUT2D eigenvalue weighted by molar-refractivity contribution is 0.393. The Labute approximate surface area is 142 Å². The molecule has 3 rings (SSSR count). The molecule has 1 aliphatic rings. The molecule has 0 amide bonds. The fraction of sp³-hybridized carbons (Fsp3) is 0.429. The fourth-order valence-corrected chi connectivity index (χ4v) is 3.67. The van der Waals surface area contributed by atoms with Crippen LogP contribution in [0.5, 0.6) is 11.5 Å². The fourth-order valence-electron chi connectivity index (χ4n) is 1.97. The van der Waals surface area contributed by atoms with Gasteiger partial charge in [0.1, 0.15) is 15.8 Å². The summed E-state index contributed by atoms with van der Waals surface area (Å²) in [7, 11) is 3.18. The SMILES string of the molecule is COc1ccc(-c2nnc(SCC3CC3(Cl)Cl)o2)c(OC)c1. The van der Waals surface area contributed by atoms with Gasteiger partial charge in [0.25, 0.3) is 11.1 Å². The molecule has 1 aromatic carbocycles. The number of thioether (sulfide) groups is 1. The molecule has 1 saturated carbocycles. The zero-order chi connectivity index (χ0) is 15.7. The van der Waals surface area contributed by atoms with E-state index < -0.39 is 4.33 Å². The van der Waals surface area contributed by atoms with Gasteiger partial charge in [-0.25, -0.2) is 0 Å². The Morgan fingerprint density at radius 3 is 2.73 bits per heavy atom. The number of hydrogen-bond acceptors (Lipinski definition) is 6. The maximum atomic E-state index is 6.00. The summed E-state index contributed by atoms with van der Waals surface area (Å²) < 4.78 is 15.6. The molecule has 0 spiro atoms. The van der Waals surface area contributed by atoms with Crippen molar-refractivity contribution in [2.75, 3.05) is 20.0 Å². The van der Waals surface area contributed by atoms with Crippen molar-refractivity contribution in [3.63, 3.8) is 0 Å². The number of hydrogen-bond donors (Lipinski definition) is 0. The lowest BCUT2D eigenvalue weighted by atomic mass is 10.2. The Hall–Kier alpha value is -1.11. The van der Waals surface area contributed by atoms with Crippen LogP contribution in [0.3, 0.4) is 0 Å². The molecule has 8 heteroatoms. The summed E-state index contributed by atoms with van der Waals surface area (Å²) in [5, 5.41) is 8.58. The van der Waals surface area contributed by atoms with Gasteiger partial charge in [-0.2, -0.15) is 0 Å². The van der Waals surface area contributed by atoms with Crippen molar-refractivity contribution in [1.82, 2.24) is 10.2 Å². The molecular weight excluding hydrogens is 347 g/mol. The molecule has 0 radical (unpaired) electrons. The topological polar surface area (TPSA) is 57.4 Å². The van der Waals surface area contributed by atoms with Gasteiger partial charge in [0.05, 0.1) is 19.8 Å². The number of methoxy groups -OCH3 is 2. The normalized spacial score (nSPS) is 19.0. The summed E-state index contributed by atoms with van der Waals surface area (Å²) >= 11 is 13.5. The predicted octanol–water partition coefficient (Wildman–Crippen LogP) is 4.04. The minimum atomic E-state index is -0.588. The van der Waals surface area contributed by atoms with Crippen LogP contribution in [0.1, 0.15) is 6.42 Å². The van der Waals surface area contributed by atoms with Crippen LogP contribution in [0.2, 0.25) is 0 Å². The van der Waals surface area contributed by atoms with Crippen LogP contribution >= 0.6 is 35.0 Å². The van der Waals surface area contributed by atoms with E-state index in [1.165, 1.54) is 11.8 Å². The first-order chi connectivity index (χ1) is 10.5. The van der Waals surface area contributed by atoms with E-state index in [1.54, 1.807) is 20.3 Å². The maximum absolute atomic E-state index is 6.00. The number of alkyl halides is 2. The molecular formula is C14H14Cl2N2O3S. The average molecular weight is 361 g/mol. The zero-order valence-corrected chi connectivity index (χ0v) is 14.3. The van der Waals surface area contributed by atoms with Crippen molar-refractivity contribution in [3.8, 4) is 23.0 Å². The van der Waals surface area contributed by atoms with Gasteiger partial charge in [-0.1, -0.05) is 11.8 Å². The summed E-state index contributed by atoms with van der Waals surface area (Å²) in [5.74, 6) is 2.74. The number of aromatic nitrogens is 2.